The Morgan fingerprint density at radius 2 is 1.95 bits per heavy atom. The van der Waals surface area contributed by atoms with Gasteiger partial charge in [-0.1, -0.05) is 0 Å². The molecule has 0 spiro atoms. The van der Waals surface area contributed by atoms with Crippen LogP contribution in [-0.2, 0) is 4.79 Å². The van der Waals surface area contributed by atoms with Gasteiger partial charge in [0.2, 0.25) is 0 Å². The van der Waals surface area contributed by atoms with Gasteiger partial charge in [-0.15, -0.1) is 0 Å². The van der Waals surface area contributed by atoms with Crippen molar-refractivity contribution in [1.82, 2.24) is 9.88 Å². The van der Waals surface area contributed by atoms with Gasteiger partial charge >= 0.3 is 5.97 Å². The zero-order valence-corrected chi connectivity index (χ0v) is 11.8. The van der Waals surface area contributed by atoms with Crippen molar-refractivity contribution in [2.75, 3.05) is 13.1 Å². The average molecular weight is 278 g/mol. The van der Waals surface area contributed by atoms with E-state index in [-0.39, 0.29) is 18.2 Å². The predicted molar refractivity (Wildman–Crippen MR) is 71.9 cm³/mol. The van der Waals surface area contributed by atoms with E-state index in [9.17, 15) is 14.4 Å². The molecule has 1 aliphatic rings. The number of carbonyl (C=O) groups excluding carboxylic acids is 2. The maximum absolute atomic E-state index is 12.4. The van der Waals surface area contributed by atoms with E-state index in [0.29, 0.717) is 35.5 Å². The van der Waals surface area contributed by atoms with Gasteiger partial charge in [0.15, 0.2) is 5.78 Å². The third-order valence-corrected chi connectivity index (χ3v) is 3.83. The molecule has 6 nitrogen and oxygen atoms in total. The van der Waals surface area contributed by atoms with Crippen molar-refractivity contribution in [2.45, 2.75) is 27.2 Å². The molecule has 6 heteroatoms. The molecule has 0 saturated carbocycles. The van der Waals surface area contributed by atoms with Crippen LogP contribution in [0.15, 0.2) is 0 Å². The van der Waals surface area contributed by atoms with Crippen LogP contribution < -0.4 is 0 Å². The molecule has 0 aliphatic carbocycles. The summed E-state index contributed by atoms with van der Waals surface area (Å²) in [5.41, 5.74) is 2.24. The minimum atomic E-state index is -0.871. The maximum atomic E-state index is 12.4. The summed E-state index contributed by atoms with van der Waals surface area (Å²) in [5.74, 6) is -1.69. The number of nitrogens with one attached hydrogen (secondary N) is 1. The number of carboxylic acid groups (broad SMARTS) is 1. The summed E-state index contributed by atoms with van der Waals surface area (Å²) in [6, 6.07) is 0. The van der Waals surface area contributed by atoms with Gasteiger partial charge in [-0.05, 0) is 32.8 Å². The van der Waals surface area contributed by atoms with Gasteiger partial charge in [0, 0.05) is 24.3 Å². The minimum Gasteiger partial charge on any atom is -0.481 e. The molecule has 108 valence electrons. The number of likely N-dealkylation sites (tertiary alicyclic amines) is 1. The first-order valence-corrected chi connectivity index (χ1v) is 6.55. The summed E-state index contributed by atoms with van der Waals surface area (Å²) in [6.45, 7) is 5.61. The standard InChI is InChI=1S/C14H18N2O4/c1-7-11(9(3)17)8(2)15-12(7)13(18)16-5-4-10(6-16)14(19)20/h10,15H,4-6H2,1-3H3,(H,19,20). The van der Waals surface area contributed by atoms with Gasteiger partial charge in [-0.2, -0.15) is 0 Å². The van der Waals surface area contributed by atoms with Gasteiger partial charge in [-0.25, -0.2) is 0 Å². The molecule has 1 unspecified atom stereocenters. The highest BCUT2D eigenvalue weighted by Crippen LogP contribution is 2.23. The number of H-pyrrole nitrogens is 1. The van der Waals surface area contributed by atoms with Crippen molar-refractivity contribution < 1.29 is 19.5 Å². The van der Waals surface area contributed by atoms with Gasteiger partial charge in [0.05, 0.1) is 5.92 Å². The van der Waals surface area contributed by atoms with Crippen LogP contribution >= 0.6 is 0 Å². The van der Waals surface area contributed by atoms with E-state index in [1.54, 1.807) is 13.8 Å². The Labute approximate surface area is 116 Å². The SMILES string of the molecule is CC(=O)c1c(C)[nH]c(C(=O)N2CCC(C(=O)O)C2)c1C. The molecule has 1 aromatic heterocycles. The van der Waals surface area contributed by atoms with Crippen molar-refractivity contribution >= 4 is 17.7 Å². The fourth-order valence-electron chi connectivity index (χ4n) is 2.80. The minimum absolute atomic E-state index is 0.0832. The fourth-order valence-corrected chi connectivity index (χ4v) is 2.80. The molecular weight excluding hydrogens is 260 g/mol. The second-order valence-corrected chi connectivity index (χ2v) is 5.26. The summed E-state index contributed by atoms with van der Waals surface area (Å²) in [6.07, 6.45) is 0.472. The molecule has 1 aliphatic heterocycles. The summed E-state index contributed by atoms with van der Waals surface area (Å²) >= 11 is 0. The number of hydrogen-bond acceptors (Lipinski definition) is 3. The van der Waals surface area contributed by atoms with E-state index in [1.165, 1.54) is 11.8 Å². The van der Waals surface area contributed by atoms with E-state index < -0.39 is 11.9 Å². The number of Topliss-reactive ketones (excluding diaryl/α,β-unsaturated/α-hetero) is 1. The Morgan fingerprint density at radius 1 is 1.30 bits per heavy atom. The molecule has 1 saturated heterocycles. The molecule has 20 heavy (non-hydrogen) atoms. The molecule has 1 aromatic rings. The Kier molecular flexibility index (Phi) is 3.65. The van der Waals surface area contributed by atoms with Crippen LogP contribution in [0.4, 0.5) is 0 Å². The van der Waals surface area contributed by atoms with Gasteiger partial charge in [0.1, 0.15) is 5.69 Å². The Hall–Kier alpha value is -2.11. The molecule has 0 radical (unpaired) electrons. The van der Waals surface area contributed by atoms with Crippen molar-refractivity contribution in [3.8, 4) is 0 Å². The molecule has 1 amide bonds. The highest BCUT2D eigenvalue weighted by molar-refractivity contribution is 6.02. The van der Waals surface area contributed by atoms with Crippen LogP contribution in [0.2, 0.25) is 0 Å². The third kappa shape index (κ3) is 2.33. The number of ketones is 1. The summed E-state index contributed by atoms with van der Waals surface area (Å²) in [4.78, 5) is 39.4. The zero-order chi connectivity index (χ0) is 15.0. The monoisotopic (exact) mass is 278 g/mol. The molecule has 1 fully saturated rings. The molecule has 2 heterocycles. The van der Waals surface area contributed by atoms with E-state index in [0.717, 1.165) is 0 Å². The Bertz CT molecular complexity index is 588. The Morgan fingerprint density at radius 3 is 2.40 bits per heavy atom. The smallest absolute Gasteiger partial charge is 0.308 e. The van der Waals surface area contributed by atoms with Crippen molar-refractivity contribution in [1.29, 1.82) is 0 Å². The van der Waals surface area contributed by atoms with E-state index in [4.69, 9.17) is 5.11 Å². The molecular formula is C14H18N2O4. The highest BCUT2D eigenvalue weighted by atomic mass is 16.4. The van der Waals surface area contributed by atoms with Crippen LogP contribution in [0.1, 0.15) is 45.4 Å². The van der Waals surface area contributed by atoms with E-state index in [1.807, 2.05) is 0 Å². The number of aliphatic carboxylic acids is 1. The number of nitrogens with zero attached hydrogens (tertiary/aromatic N) is 1. The number of amides is 1. The number of aromatic nitrogens is 1. The van der Waals surface area contributed by atoms with Crippen LogP contribution in [0.25, 0.3) is 0 Å². The summed E-state index contributed by atoms with van der Waals surface area (Å²) in [5, 5.41) is 8.97. The van der Waals surface area contributed by atoms with Crippen molar-refractivity contribution in [3.63, 3.8) is 0 Å². The maximum Gasteiger partial charge on any atom is 0.308 e. The topological polar surface area (TPSA) is 90.5 Å². The molecule has 0 aromatic carbocycles. The number of carboxylic acids is 1. The van der Waals surface area contributed by atoms with Crippen LogP contribution in [0.5, 0.6) is 0 Å². The first kappa shape index (κ1) is 14.3. The lowest BCUT2D eigenvalue weighted by Gasteiger charge is -2.15. The lowest BCUT2D eigenvalue weighted by Crippen LogP contribution is -2.30. The lowest BCUT2D eigenvalue weighted by molar-refractivity contribution is -0.141. The van der Waals surface area contributed by atoms with Crippen molar-refractivity contribution in [2.24, 2.45) is 5.92 Å². The first-order chi connectivity index (χ1) is 9.32. The van der Waals surface area contributed by atoms with Crippen LogP contribution in [-0.4, -0.2) is 45.7 Å². The predicted octanol–water partition coefficient (Wildman–Crippen LogP) is 1.38. The molecule has 1 atom stereocenters. The number of rotatable bonds is 3. The summed E-state index contributed by atoms with van der Waals surface area (Å²) in [7, 11) is 0. The fraction of sp³-hybridized carbons (Fsp3) is 0.500. The lowest BCUT2D eigenvalue weighted by atomic mass is 10.1. The van der Waals surface area contributed by atoms with Gasteiger partial charge in [-0.3, -0.25) is 14.4 Å². The molecule has 2 rings (SSSR count). The second-order valence-electron chi connectivity index (χ2n) is 5.26. The second kappa shape index (κ2) is 5.11. The highest BCUT2D eigenvalue weighted by Gasteiger charge is 2.33. The van der Waals surface area contributed by atoms with Gasteiger partial charge < -0.3 is 15.0 Å². The van der Waals surface area contributed by atoms with Crippen LogP contribution in [0.3, 0.4) is 0 Å². The van der Waals surface area contributed by atoms with Gasteiger partial charge in [0.25, 0.3) is 5.91 Å². The number of carbonyl (C=O) groups is 3. The van der Waals surface area contributed by atoms with Crippen LogP contribution in [0, 0.1) is 19.8 Å². The number of aromatic amines is 1. The Balaban J connectivity index is 2.25. The van der Waals surface area contributed by atoms with Crippen molar-refractivity contribution in [3.05, 3.63) is 22.5 Å². The quantitative estimate of drug-likeness (QED) is 0.817. The van der Waals surface area contributed by atoms with E-state index in [2.05, 4.69) is 4.98 Å². The number of hydrogen-bond donors (Lipinski definition) is 2. The third-order valence-electron chi connectivity index (χ3n) is 3.83. The average Bonchev–Trinajstić information content (AvgIpc) is 2.93. The van der Waals surface area contributed by atoms with E-state index >= 15 is 0 Å². The zero-order valence-electron chi connectivity index (χ0n) is 11.8. The number of aryl methyl sites for hydroxylation is 1. The first-order valence-electron chi connectivity index (χ1n) is 6.55. The molecule has 0 bridgehead atoms. The normalized spacial score (nSPS) is 18.4. The summed E-state index contributed by atoms with van der Waals surface area (Å²) < 4.78 is 0. The molecule has 2 N–H and O–H groups in total. The largest absolute Gasteiger partial charge is 0.481 e.